The fourth-order valence-corrected chi connectivity index (χ4v) is 2.00. The molecule has 2 heterocycles. The summed E-state index contributed by atoms with van der Waals surface area (Å²) in [6, 6.07) is 9.77. The van der Waals surface area contributed by atoms with Crippen molar-refractivity contribution < 1.29 is 0 Å². The minimum absolute atomic E-state index is 0.147. The second-order valence-corrected chi connectivity index (χ2v) is 5.16. The van der Waals surface area contributed by atoms with Crippen LogP contribution in [0.4, 0.5) is 11.9 Å². The summed E-state index contributed by atoms with van der Waals surface area (Å²) in [5.41, 5.74) is 6.81. The van der Waals surface area contributed by atoms with Gasteiger partial charge in [0, 0.05) is 23.4 Å². The van der Waals surface area contributed by atoms with Crippen LogP contribution in [0, 0.1) is 0 Å². The standard InChI is InChI=1S/C13H12BrN7/c14-10-4-2-9(3-5-10)8-16-12-18-11(15)19-13(20-12)21-7-1-6-17-21/h1-7H,8H2,(H3,15,16,18,19,20). The van der Waals surface area contributed by atoms with Gasteiger partial charge in [-0.2, -0.15) is 20.1 Å². The van der Waals surface area contributed by atoms with Crippen LogP contribution in [0.15, 0.2) is 47.2 Å². The summed E-state index contributed by atoms with van der Waals surface area (Å²) in [5.74, 6) is 0.940. The maximum absolute atomic E-state index is 5.70. The third kappa shape index (κ3) is 3.34. The topological polar surface area (TPSA) is 94.5 Å². The van der Waals surface area contributed by atoms with E-state index >= 15 is 0 Å². The first-order valence-corrected chi connectivity index (χ1v) is 7.00. The molecule has 0 fully saturated rings. The van der Waals surface area contributed by atoms with Gasteiger partial charge in [0.25, 0.3) is 5.95 Å². The Labute approximate surface area is 129 Å². The molecule has 3 N–H and O–H groups in total. The summed E-state index contributed by atoms with van der Waals surface area (Å²) in [5, 5.41) is 7.20. The highest BCUT2D eigenvalue weighted by Gasteiger charge is 2.06. The zero-order chi connectivity index (χ0) is 14.7. The predicted molar refractivity (Wildman–Crippen MR) is 82.8 cm³/mol. The number of hydrogen-bond acceptors (Lipinski definition) is 6. The number of benzene rings is 1. The second kappa shape index (κ2) is 5.88. The van der Waals surface area contributed by atoms with Crippen molar-refractivity contribution >= 4 is 27.8 Å². The summed E-state index contributed by atoms with van der Waals surface area (Å²) < 4.78 is 2.57. The van der Waals surface area contributed by atoms with E-state index in [2.05, 4.69) is 41.3 Å². The average Bonchev–Trinajstić information content (AvgIpc) is 3.00. The van der Waals surface area contributed by atoms with Crippen LogP contribution in [-0.2, 0) is 6.54 Å². The van der Waals surface area contributed by atoms with Gasteiger partial charge in [-0.15, -0.1) is 0 Å². The predicted octanol–water partition coefficient (Wildman–Crippen LogP) is 2.01. The summed E-state index contributed by atoms with van der Waals surface area (Å²) in [6.45, 7) is 0.593. The van der Waals surface area contributed by atoms with Gasteiger partial charge in [0.1, 0.15) is 0 Å². The molecule has 106 valence electrons. The molecule has 0 amide bonds. The number of anilines is 2. The zero-order valence-corrected chi connectivity index (χ0v) is 12.5. The van der Waals surface area contributed by atoms with Gasteiger partial charge in [-0.05, 0) is 23.8 Å². The SMILES string of the molecule is Nc1nc(NCc2ccc(Br)cc2)nc(-n2cccn2)n1. The van der Waals surface area contributed by atoms with Gasteiger partial charge in [-0.1, -0.05) is 28.1 Å². The molecule has 0 atom stereocenters. The lowest BCUT2D eigenvalue weighted by Crippen LogP contribution is -2.11. The van der Waals surface area contributed by atoms with Crippen molar-refractivity contribution in [3.05, 3.63) is 52.8 Å². The highest BCUT2D eigenvalue weighted by Crippen LogP contribution is 2.12. The molecule has 0 radical (unpaired) electrons. The number of nitrogens with two attached hydrogens (primary N) is 1. The maximum atomic E-state index is 5.70. The van der Waals surface area contributed by atoms with Gasteiger partial charge < -0.3 is 11.1 Å². The van der Waals surface area contributed by atoms with Crippen LogP contribution in [0.1, 0.15) is 5.56 Å². The van der Waals surface area contributed by atoms with Crippen molar-refractivity contribution in [2.24, 2.45) is 0 Å². The summed E-state index contributed by atoms with van der Waals surface area (Å²) in [4.78, 5) is 12.4. The van der Waals surface area contributed by atoms with Gasteiger partial charge in [0.2, 0.25) is 11.9 Å². The van der Waals surface area contributed by atoms with Crippen molar-refractivity contribution in [1.82, 2.24) is 24.7 Å². The lowest BCUT2D eigenvalue weighted by Gasteiger charge is -2.07. The molecule has 0 bridgehead atoms. The molecule has 0 aliphatic heterocycles. The molecule has 0 saturated carbocycles. The maximum Gasteiger partial charge on any atom is 0.257 e. The van der Waals surface area contributed by atoms with Gasteiger partial charge in [0.15, 0.2) is 0 Å². The average molecular weight is 346 g/mol. The Morgan fingerprint density at radius 2 is 1.95 bits per heavy atom. The monoisotopic (exact) mass is 345 g/mol. The van der Waals surface area contributed by atoms with E-state index in [0.29, 0.717) is 18.4 Å². The molecule has 3 rings (SSSR count). The normalized spacial score (nSPS) is 10.5. The quantitative estimate of drug-likeness (QED) is 0.751. The van der Waals surface area contributed by atoms with Crippen LogP contribution in [0.3, 0.4) is 0 Å². The molecule has 0 aliphatic rings. The minimum Gasteiger partial charge on any atom is -0.368 e. The van der Waals surface area contributed by atoms with Gasteiger partial charge >= 0.3 is 0 Å². The molecule has 0 unspecified atom stereocenters. The van der Waals surface area contributed by atoms with Crippen LogP contribution >= 0.6 is 15.9 Å². The zero-order valence-electron chi connectivity index (χ0n) is 10.9. The van der Waals surface area contributed by atoms with E-state index in [0.717, 1.165) is 10.0 Å². The lowest BCUT2D eigenvalue weighted by atomic mass is 10.2. The molecule has 0 aliphatic carbocycles. The van der Waals surface area contributed by atoms with Crippen LogP contribution < -0.4 is 11.1 Å². The largest absolute Gasteiger partial charge is 0.368 e. The number of nitrogen functional groups attached to an aromatic ring is 1. The molecule has 21 heavy (non-hydrogen) atoms. The fraction of sp³-hybridized carbons (Fsp3) is 0.0769. The van der Waals surface area contributed by atoms with Crippen LogP contribution in [0.5, 0.6) is 0 Å². The molecular weight excluding hydrogens is 334 g/mol. The van der Waals surface area contributed by atoms with Crippen LogP contribution in [0.25, 0.3) is 5.95 Å². The highest BCUT2D eigenvalue weighted by atomic mass is 79.9. The molecule has 0 spiro atoms. The third-order valence-corrected chi connectivity index (χ3v) is 3.24. The van der Waals surface area contributed by atoms with Crippen molar-refractivity contribution in [1.29, 1.82) is 0 Å². The Balaban J connectivity index is 1.78. The first-order chi connectivity index (χ1) is 10.2. The lowest BCUT2D eigenvalue weighted by molar-refractivity contribution is 0.798. The van der Waals surface area contributed by atoms with Gasteiger partial charge in [-0.3, -0.25) is 0 Å². The van der Waals surface area contributed by atoms with Gasteiger partial charge in [0.05, 0.1) is 0 Å². The first kappa shape index (κ1) is 13.5. The van der Waals surface area contributed by atoms with E-state index in [1.807, 2.05) is 24.3 Å². The fourth-order valence-electron chi connectivity index (χ4n) is 1.73. The second-order valence-electron chi connectivity index (χ2n) is 4.25. The van der Waals surface area contributed by atoms with Crippen molar-refractivity contribution in [2.45, 2.75) is 6.54 Å². The number of nitrogens with one attached hydrogen (secondary N) is 1. The van der Waals surface area contributed by atoms with Crippen LogP contribution in [0.2, 0.25) is 0 Å². The number of nitrogens with zero attached hydrogens (tertiary/aromatic N) is 5. The summed E-state index contributed by atoms with van der Waals surface area (Å²) in [7, 11) is 0. The van der Waals surface area contributed by atoms with E-state index in [9.17, 15) is 0 Å². The van der Waals surface area contributed by atoms with E-state index in [1.165, 1.54) is 4.68 Å². The number of rotatable bonds is 4. The number of halogens is 1. The molecule has 8 heteroatoms. The minimum atomic E-state index is 0.147. The van der Waals surface area contributed by atoms with Crippen molar-refractivity contribution in [3.8, 4) is 5.95 Å². The summed E-state index contributed by atoms with van der Waals surface area (Å²) >= 11 is 3.40. The van der Waals surface area contributed by atoms with E-state index < -0.39 is 0 Å². The van der Waals surface area contributed by atoms with E-state index in [1.54, 1.807) is 18.5 Å². The number of hydrogen-bond donors (Lipinski definition) is 2. The Morgan fingerprint density at radius 3 is 2.67 bits per heavy atom. The molecule has 7 nitrogen and oxygen atoms in total. The van der Waals surface area contributed by atoms with Gasteiger partial charge in [-0.25, -0.2) is 4.68 Å². The first-order valence-electron chi connectivity index (χ1n) is 6.20. The molecule has 1 aromatic carbocycles. The van der Waals surface area contributed by atoms with E-state index in [-0.39, 0.29) is 5.95 Å². The smallest absolute Gasteiger partial charge is 0.257 e. The Hall–Kier alpha value is -2.48. The highest BCUT2D eigenvalue weighted by molar-refractivity contribution is 9.10. The Kier molecular flexibility index (Phi) is 3.78. The van der Waals surface area contributed by atoms with Crippen molar-refractivity contribution in [2.75, 3.05) is 11.1 Å². The molecule has 3 aromatic rings. The van der Waals surface area contributed by atoms with Crippen LogP contribution in [-0.4, -0.2) is 24.7 Å². The Bertz CT molecular complexity index is 725. The van der Waals surface area contributed by atoms with Crippen molar-refractivity contribution in [3.63, 3.8) is 0 Å². The summed E-state index contributed by atoms with van der Waals surface area (Å²) in [6.07, 6.45) is 3.39. The molecule has 0 saturated heterocycles. The molecule has 2 aromatic heterocycles. The molecular formula is C13H12BrN7. The number of aromatic nitrogens is 5. The van der Waals surface area contributed by atoms with E-state index in [4.69, 9.17) is 5.73 Å². The Morgan fingerprint density at radius 1 is 1.14 bits per heavy atom. The third-order valence-electron chi connectivity index (χ3n) is 2.71.